The summed E-state index contributed by atoms with van der Waals surface area (Å²) in [4.78, 5) is 4.08. The minimum absolute atomic E-state index is 0.130. The summed E-state index contributed by atoms with van der Waals surface area (Å²) in [6.07, 6.45) is -3.81. The first-order chi connectivity index (χ1) is 9.09. The predicted octanol–water partition coefficient (Wildman–Crippen LogP) is 3.81. The quantitative estimate of drug-likeness (QED) is 0.791. The van der Waals surface area contributed by atoms with Crippen LogP contribution in [0.1, 0.15) is 0 Å². The van der Waals surface area contributed by atoms with Crippen LogP contribution >= 0.6 is 11.8 Å². The van der Waals surface area contributed by atoms with Gasteiger partial charge in [0.2, 0.25) is 5.17 Å². The van der Waals surface area contributed by atoms with Gasteiger partial charge in [-0.1, -0.05) is 11.8 Å². The standard InChI is InChI=1S/C11H10F3N3OS/c12-7-11(13,14)18-9-3-1-8(2-4-9)16-17-10-15-5-6-19-10/h1-4H,5-7H2. The van der Waals surface area contributed by atoms with E-state index in [-0.39, 0.29) is 5.75 Å². The Morgan fingerprint density at radius 3 is 2.58 bits per heavy atom. The predicted molar refractivity (Wildman–Crippen MR) is 67.3 cm³/mol. The van der Waals surface area contributed by atoms with Crippen molar-refractivity contribution >= 4 is 22.6 Å². The summed E-state index contributed by atoms with van der Waals surface area (Å²) < 4.78 is 41.3. The molecule has 2 rings (SSSR count). The van der Waals surface area contributed by atoms with E-state index in [4.69, 9.17) is 0 Å². The molecule has 0 aliphatic carbocycles. The maximum atomic E-state index is 12.6. The van der Waals surface area contributed by atoms with Crippen LogP contribution in [0.3, 0.4) is 0 Å². The number of thioether (sulfide) groups is 1. The minimum Gasteiger partial charge on any atom is -0.431 e. The monoisotopic (exact) mass is 289 g/mol. The van der Waals surface area contributed by atoms with Gasteiger partial charge < -0.3 is 4.74 Å². The number of amidine groups is 1. The summed E-state index contributed by atoms with van der Waals surface area (Å²) in [6, 6.07) is 5.46. The van der Waals surface area contributed by atoms with E-state index in [0.717, 1.165) is 12.3 Å². The average Bonchev–Trinajstić information content (AvgIpc) is 2.91. The molecule has 0 amide bonds. The molecule has 0 saturated carbocycles. The lowest BCUT2D eigenvalue weighted by Crippen LogP contribution is -2.26. The third kappa shape index (κ3) is 4.23. The average molecular weight is 289 g/mol. The van der Waals surface area contributed by atoms with Crippen LogP contribution in [-0.2, 0) is 0 Å². The van der Waals surface area contributed by atoms with E-state index in [1.54, 1.807) is 0 Å². The summed E-state index contributed by atoms with van der Waals surface area (Å²) in [5.74, 6) is 0.758. The van der Waals surface area contributed by atoms with E-state index >= 15 is 0 Å². The number of hydrogen-bond acceptors (Lipinski definition) is 5. The van der Waals surface area contributed by atoms with Crippen molar-refractivity contribution in [2.75, 3.05) is 19.0 Å². The van der Waals surface area contributed by atoms with E-state index in [2.05, 4.69) is 20.0 Å². The Kier molecular flexibility index (Phi) is 4.41. The zero-order valence-corrected chi connectivity index (χ0v) is 10.5. The Labute approximate surface area is 111 Å². The molecule has 0 saturated heterocycles. The third-order valence-electron chi connectivity index (χ3n) is 2.08. The molecule has 0 fully saturated rings. The lowest BCUT2D eigenvalue weighted by Gasteiger charge is -2.13. The topological polar surface area (TPSA) is 46.3 Å². The molecule has 4 nitrogen and oxygen atoms in total. The maximum absolute atomic E-state index is 12.6. The Morgan fingerprint density at radius 2 is 2.00 bits per heavy atom. The van der Waals surface area contributed by atoms with Crippen LogP contribution in [0.25, 0.3) is 0 Å². The molecule has 0 bridgehead atoms. The van der Waals surface area contributed by atoms with Crippen molar-refractivity contribution in [2.24, 2.45) is 15.2 Å². The number of aliphatic imine (C=N–C) groups is 1. The van der Waals surface area contributed by atoms with Gasteiger partial charge in [0.25, 0.3) is 0 Å². The van der Waals surface area contributed by atoms with E-state index in [1.165, 1.54) is 36.0 Å². The second-order valence-electron chi connectivity index (χ2n) is 3.58. The van der Waals surface area contributed by atoms with Crippen LogP contribution in [0.5, 0.6) is 5.75 Å². The van der Waals surface area contributed by atoms with Crippen molar-refractivity contribution in [2.45, 2.75) is 6.11 Å². The maximum Gasteiger partial charge on any atom is 0.427 e. The van der Waals surface area contributed by atoms with Gasteiger partial charge in [0.1, 0.15) is 5.75 Å². The Hall–Kier alpha value is -1.57. The number of hydrogen-bond donors (Lipinski definition) is 0. The zero-order valence-electron chi connectivity index (χ0n) is 9.72. The fraction of sp³-hybridized carbons (Fsp3) is 0.364. The highest BCUT2D eigenvalue weighted by molar-refractivity contribution is 8.14. The number of rotatable bonds is 4. The molecule has 0 unspecified atom stereocenters. The van der Waals surface area contributed by atoms with Gasteiger partial charge in [-0.05, 0) is 24.3 Å². The number of alkyl halides is 3. The van der Waals surface area contributed by atoms with Crippen LogP contribution in [-0.4, -0.2) is 30.2 Å². The smallest absolute Gasteiger partial charge is 0.427 e. The van der Waals surface area contributed by atoms with Gasteiger partial charge in [-0.3, -0.25) is 4.99 Å². The summed E-state index contributed by atoms with van der Waals surface area (Å²) in [7, 11) is 0. The van der Waals surface area contributed by atoms with E-state index in [0.29, 0.717) is 10.9 Å². The Bertz CT molecular complexity index is 490. The molecule has 1 heterocycles. The first-order valence-electron chi connectivity index (χ1n) is 5.41. The van der Waals surface area contributed by atoms with Gasteiger partial charge >= 0.3 is 6.11 Å². The van der Waals surface area contributed by atoms with E-state index in [9.17, 15) is 13.2 Å². The summed E-state index contributed by atoms with van der Waals surface area (Å²) in [5.41, 5.74) is 0.478. The van der Waals surface area contributed by atoms with Crippen molar-refractivity contribution in [3.63, 3.8) is 0 Å². The molecule has 0 aromatic heterocycles. The van der Waals surface area contributed by atoms with Crippen LogP contribution in [0.2, 0.25) is 0 Å². The Balaban J connectivity index is 1.98. The molecule has 19 heavy (non-hydrogen) atoms. The van der Waals surface area contributed by atoms with Gasteiger partial charge in [-0.25, -0.2) is 4.39 Å². The highest BCUT2D eigenvalue weighted by Crippen LogP contribution is 2.25. The Morgan fingerprint density at radius 1 is 1.26 bits per heavy atom. The molecule has 1 aliphatic heterocycles. The molecule has 0 N–H and O–H groups in total. The number of benzene rings is 1. The van der Waals surface area contributed by atoms with Crippen molar-refractivity contribution < 1.29 is 17.9 Å². The molecule has 1 aliphatic rings. The first-order valence-corrected chi connectivity index (χ1v) is 6.39. The lowest BCUT2D eigenvalue weighted by atomic mass is 10.3. The van der Waals surface area contributed by atoms with E-state index in [1.807, 2.05) is 0 Å². The molecular weight excluding hydrogens is 279 g/mol. The fourth-order valence-corrected chi connectivity index (χ4v) is 1.91. The zero-order chi connectivity index (χ0) is 13.7. The summed E-state index contributed by atoms with van der Waals surface area (Å²) in [6.45, 7) is -1.14. The van der Waals surface area contributed by atoms with Crippen LogP contribution in [0.4, 0.5) is 18.9 Å². The normalized spacial score (nSPS) is 15.8. The lowest BCUT2D eigenvalue weighted by molar-refractivity contribution is -0.186. The van der Waals surface area contributed by atoms with Crippen molar-refractivity contribution in [1.29, 1.82) is 0 Å². The second-order valence-corrected chi connectivity index (χ2v) is 4.64. The number of azo groups is 1. The molecular formula is C11H10F3N3OS. The largest absolute Gasteiger partial charge is 0.431 e. The molecule has 0 atom stereocenters. The van der Waals surface area contributed by atoms with Crippen molar-refractivity contribution in [3.8, 4) is 5.75 Å². The van der Waals surface area contributed by atoms with Gasteiger partial charge in [0, 0.05) is 5.75 Å². The first kappa shape index (κ1) is 13.9. The van der Waals surface area contributed by atoms with Gasteiger partial charge in [-0.2, -0.15) is 8.78 Å². The van der Waals surface area contributed by atoms with Gasteiger partial charge in [-0.15, -0.1) is 10.2 Å². The highest BCUT2D eigenvalue weighted by Gasteiger charge is 2.31. The molecule has 0 spiro atoms. The van der Waals surface area contributed by atoms with Gasteiger partial charge in [0.05, 0.1) is 12.2 Å². The van der Waals surface area contributed by atoms with Crippen LogP contribution in [0.15, 0.2) is 39.5 Å². The molecule has 102 valence electrons. The highest BCUT2D eigenvalue weighted by atomic mass is 32.2. The SMILES string of the molecule is FCC(F)(F)Oc1ccc(N=NC2=NCCS2)cc1. The summed E-state index contributed by atoms with van der Waals surface area (Å²) in [5, 5.41) is 8.41. The number of nitrogens with zero attached hydrogens (tertiary/aromatic N) is 3. The molecule has 1 aromatic carbocycles. The molecule has 0 radical (unpaired) electrons. The second kappa shape index (κ2) is 6.05. The number of halogens is 3. The van der Waals surface area contributed by atoms with Crippen LogP contribution in [0, 0.1) is 0 Å². The number of ether oxygens (including phenoxy) is 1. The van der Waals surface area contributed by atoms with Crippen LogP contribution < -0.4 is 4.74 Å². The molecule has 8 heteroatoms. The van der Waals surface area contributed by atoms with Crippen molar-refractivity contribution in [1.82, 2.24) is 0 Å². The van der Waals surface area contributed by atoms with Gasteiger partial charge in [0.15, 0.2) is 6.67 Å². The molecule has 1 aromatic rings. The third-order valence-corrected chi connectivity index (χ3v) is 2.94. The van der Waals surface area contributed by atoms with Crippen molar-refractivity contribution in [3.05, 3.63) is 24.3 Å². The fourth-order valence-electron chi connectivity index (χ4n) is 1.27. The minimum atomic E-state index is -3.81. The van der Waals surface area contributed by atoms with E-state index < -0.39 is 12.8 Å². The summed E-state index contributed by atoms with van der Waals surface area (Å²) >= 11 is 1.50.